The number of Topliss-reactive ketones (excluding diaryl/α,β-unsaturated/α-hetero) is 1. The Bertz CT molecular complexity index is 823. The molecule has 6 nitrogen and oxygen atoms in total. The maximum Gasteiger partial charge on any atom is 0.170 e. The molecule has 5 rings (SSSR count). The molecule has 1 spiro atoms. The highest BCUT2D eigenvalue weighted by molar-refractivity contribution is 6.00. The van der Waals surface area contributed by atoms with Crippen LogP contribution in [-0.2, 0) is 19.6 Å². The van der Waals surface area contributed by atoms with Gasteiger partial charge in [0, 0.05) is 39.1 Å². The van der Waals surface area contributed by atoms with Crippen LogP contribution in [0.15, 0.2) is 30.3 Å². The van der Waals surface area contributed by atoms with E-state index in [1.54, 1.807) is 0 Å². The van der Waals surface area contributed by atoms with Crippen molar-refractivity contribution in [2.75, 3.05) is 19.6 Å². The number of ketones is 1. The Hall–Kier alpha value is -2.18. The third kappa shape index (κ3) is 2.83. The number of hydrogen-bond donors (Lipinski definition) is 1. The SMILES string of the molecule is O=C1CC2(CCN(Cc3cc4n(n3)CCCNC4)C2)Oc2ccccc21. The van der Waals surface area contributed by atoms with Gasteiger partial charge in [-0.2, -0.15) is 5.10 Å². The maximum atomic E-state index is 12.6. The number of aromatic nitrogens is 2. The Morgan fingerprint density at radius 3 is 3.15 bits per heavy atom. The van der Waals surface area contributed by atoms with E-state index in [4.69, 9.17) is 9.84 Å². The molecule has 0 bridgehead atoms. The molecule has 1 unspecified atom stereocenters. The number of ether oxygens (including phenoxy) is 1. The van der Waals surface area contributed by atoms with Crippen molar-refractivity contribution in [3.8, 4) is 5.75 Å². The van der Waals surface area contributed by atoms with Crippen molar-refractivity contribution in [3.63, 3.8) is 0 Å². The fraction of sp³-hybridized carbons (Fsp3) is 0.500. The van der Waals surface area contributed by atoms with Gasteiger partial charge in [-0.25, -0.2) is 0 Å². The summed E-state index contributed by atoms with van der Waals surface area (Å²) in [7, 11) is 0. The number of hydrogen-bond acceptors (Lipinski definition) is 5. The summed E-state index contributed by atoms with van der Waals surface area (Å²) in [5.74, 6) is 0.943. The normalized spacial score (nSPS) is 25.6. The van der Waals surface area contributed by atoms with Gasteiger partial charge in [0.25, 0.3) is 0 Å². The Morgan fingerprint density at radius 2 is 2.19 bits per heavy atom. The van der Waals surface area contributed by atoms with E-state index in [1.807, 2.05) is 24.3 Å². The summed E-state index contributed by atoms with van der Waals surface area (Å²) < 4.78 is 8.46. The van der Waals surface area contributed by atoms with E-state index in [0.717, 1.165) is 69.1 Å². The molecule has 6 heteroatoms. The summed E-state index contributed by atoms with van der Waals surface area (Å²) >= 11 is 0. The van der Waals surface area contributed by atoms with Gasteiger partial charge < -0.3 is 10.1 Å². The average Bonchev–Trinajstić information content (AvgIpc) is 3.12. The van der Waals surface area contributed by atoms with Crippen LogP contribution in [0.3, 0.4) is 0 Å². The van der Waals surface area contributed by atoms with E-state index < -0.39 is 0 Å². The van der Waals surface area contributed by atoms with Crippen molar-refractivity contribution in [1.29, 1.82) is 0 Å². The molecule has 136 valence electrons. The summed E-state index contributed by atoms with van der Waals surface area (Å²) in [5.41, 5.74) is 2.73. The summed E-state index contributed by atoms with van der Waals surface area (Å²) in [6, 6.07) is 9.83. The van der Waals surface area contributed by atoms with Gasteiger partial charge in [0.2, 0.25) is 0 Å². The minimum atomic E-state index is -0.371. The smallest absolute Gasteiger partial charge is 0.170 e. The second-order valence-electron chi connectivity index (χ2n) is 7.72. The number of fused-ring (bicyclic) bond motifs is 2. The van der Waals surface area contributed by atoms with Crippen molar-refractivity contribution in [2.45, 2.75) is 44.5 Å². The number of carbonyl (C=O) groups is 1. The van der Waals surface area contributed by atoms with E-state index in [2.05, 4.69) is 21.0 Å². The van der Waals surface area contributed by atoms with Crippen molar-refractivity contribution in [2.24, 2.45) is 0 Å². The molecule has 0 amide bonds. The third-order valence-electron chi connectivity index (χ3n) is 5.72. The molecule has 1 fully saturated rings. The molecule has 3 aliphatic rings. The quantitative estimate of drug-likeness (QED) is 0.896. The van der Waals surface area contributed by atoms with Crippen LogP contribution in [-0.4, -0.2) is 45.7 Å². The largest absolute Gasteiger partial charge is 0.485 e. The van der Waals surface area contributed by atoms with Gasteiger partial charge in [-0.1, -0.05) is 12.1 Å². The zero-order chi connectivity index (χ0) is 17.6. The Labute approximate surface area is 153 Å². The number of rotatable bonds is 2. The number of nitrogens with one attached hydrogen (secondary N) is 1. The Kier molecular flexibility index (Phi) is 3.83. The van der Waals surface area contributed by atoms with Crippen LogP contribution >= 0.6 is 0 Å². The summed E-state index contributed by atoms with van der Waals surface area (Å²) in [6.45, 7) is 5.48. The average molecular weight is 352 g/mol. The molecule has 1 saturated heterocycles. The lowest BCUT2D eigenvalue weighted by atomic mass is 9.89. The monoisotopic (exact) mass is 352 g/mol. The highest BCUT2D eigenvalue weighted by Crippen LogP contribution is 2.38. The molecule has 1 aromatic heterocycles. The zero-order valence-electron chi connectivity index (χ0n) is 14.9. The highest BCUT2D eigenvalue weighted by Gasteiger charge is 2.45. The van der Waals surface area contributed by atoms with Crippen LogP contribution < -0.4 is 10.1 Å². The zero-order valence-corrected chi connectivity index (χ0v) is 14.9. The van der Waals surface area contributed by atoms with Crippen molar-refractivity contribution < 1.29 is 9.53 Å². The molecule has 0 radical (unpaired) electrons. The molecule has 1 atom stereocenters. The lowest BCUT2D eigenvalue weighted by Gasteiger charge is -2.34. The van der Waals surface area contributed by atoms with Gasteiger partial charge >= 0.3 is 0 Å². The molecule has 26 heavy (non-hydrogen) atoms. The predicted octanol–water partition coefficient (Wildman–Crippen LogP) is 1.99. The molecule has 1 aromatic carbocycles. The second-order valence-corrected chi connectivity index (χ2v) is 7.72. The van der Waals surface area contributed by atoms with Crippen molar-refractivity contribution in [3.05, 3.63) is 47.3 Å². The number of benzene rings is 1. The van der Waals surface area contributed by atoms with Crippen LogP contribution in [0, 0.1) is 0 Å². The molecule has 1 N–H and O–H groups in total. The molecular weight excluding hydrogens is 328 g/mol. The minimum Gasteiger partial charge on any atom is -0.485 e. The molecule has 4 heterocycles. The number of carbonyl (C=O) groups excluding carboxylic acids is 1. The topological polar surface area (TPSA) is 59.4 Å². The lowest BCUT2D eigenvalue weighted by Crippen LogP contribution is -2.44. The molecule has 0 saturated carbocycles. The molecule has 3 aliphatic heterocycles. The summed E-state index contributed by atoms with van der Waals surface area (Å²) in [4.78, 5) is 14.9. The third-order valence-corrected chi connectivity index (χ3v) is 5.72. The van der Waals surface area contributed by atoms with E-state index >= 15 is 0 Å². The Morgan fingerprint density at radius 1 is 1.27 bits per heavy atom. The number of likely N-dealkylation sites (tertiary alicyclic amines) is 1. The lowest BCUT2D eigenvalue weighted by molar-refractivity contribution is 0.0454. The number of para-hydroxylation sites is 1. The predicted molar refractivity (Wildman–Crippen MR) is 97.2 cm³/mol. The van der Waals surface area contributed by atoms with E-state index in [9.17, 15) is 4.79 Å². The van der Waals surface area contributed by atoms with Crippen LogP contribution in [0.4, 0.5) is 0 Å². The summed E-state index contributed by atoms with van der Waals surface area (Å²) in [5, 5.41) is 8.23. The first kappa shape index (κ1) is 16.0. The fourth-order valence-corrected chi connectivity index (χ4v) is 4.46. The second kappa shape index (κ2) is 6.21. The maximum absolute atomic E-state index is 12.6. The molecule has 2 aromatic rings. The Balaban J connectivity index is 1.30. The van der Waals surface area contributed by atoms with Crippen LogP contribution in [0.2, 0.25) is 0 Å². The van der Waals surface area contributed by atoms with E-state index in [-0.39, 0.29) is 11.4 Å². The first-order valence-electron chi connectivity index (χ1n) is 9.51. The van der Waals surface area contributed by atoms with Crippen LogP contribution in [0.25, 0.3) is 0 Å². The number of nitrogens with zero attached hydrogens (tertiary/aromatic N) is 3. The molecular formula is C20H24N4O2. The minimum absolute atomic E-state index is 0.202. The standard InChI is InChI=1S/C20H24N4O2/c25-18-11-20(26-19-5-2-1-4-17(18)19)6-9-23(14-20)13-15-10-16-12-21-7-3-8-24(16)22-15/h1-2,4-5,10,21H,3,6-9,11-14H2. The van der Waals surface area contributed by atoms with Gasteiger partial charge in [-0.3, -0.25) is 14.4 Å². The van der Waals surface area contributed by atoms with Gasteiger partial charge in [0.15, 0.2) is 5.78 Å². The first-order valence-corrected chi connectivity index (χ1v) is 9.51. The molecule has 0 aliphatic carbocycles. The van der Waals surface area contributed by atoms with E-state index in [1.165, 1.54) is 5.69 Å². The van der Waals surface area contributed by atoms with E-state index in [0.29, 0.717) is 6.42 Å². The van der Waals surface area contributed by atoms with Gasteiger partial charge in [-0.05, 0) is 31.2 Å². The van der Waals surface area contributed by atoms with Crippen molar-refractivity contribution in [1.82, 2.24) is 20.0 Å². The number of aryl methyl sites for hydroxylation is 1. The van der Waals surface area contributed by atoms with Crippen LogP contribution in [0.1, 0.15) is 41.0 Å². The summed E-state index contributed by atoms with van der Waals surface area (Å²) in [6.07, 6.45) is 2.49. The fourth-order valence-electron chi connectivity index (χ4n) is 4.46. The van der Waals surface area contributed by atoms with Gasteiger partial charge in [0.1, 0.15) is 11.4 Å². The van der Waals surface area contributed by atoms with Gasteiger partial charge in [0.05, 0.1) is 23.4 Å². The van der Waals surface area contributed by atoms with Crippen LogP contribution in [0.5, 0.6) is 5.75 Å². The van der Waals surface area contributed by atoms with Crippen molar-refractivity contribution >= 4 is 5.78 Å². The first-order chi connectivity index (χ1) is 12.7. The highest BCUT2D eigenvalue weighted by atomic mass is 16.5. The van der Waals surface area contributed by atoms with Gasteiger partial charge in [-0.15, -0.1) is 0 Å².